The highest BCUT2D eigenvalue weighted by molar-refractivity contribution is 7.89. The number of hydrogen-bond acceptors (Lipinski definition) is 3. The predicted octanol–water partition coefficient (Wildman–Crippen LogP) is 1.20. The number of aryl methyl sites for hydroxylation is 1. The first-order valence-corrected chi connectivity index (χ1v) is 6.70. The summed E-state index contributed by atoms with van der Waals surface area (Å²) in [4.78, 5) is 0.247. The van der Waals surface area contributed by atoms with Gasteiger partial charge in [0, 0.05) is 12.6 Å². The molecule has 0 saturated carbocycles. The van der Waals surface area contributed by atoms with Gasteiger partial charge >= 0.3 is 0 Å². The lowest BCUT2D eigenvalue weighted by Gasteiger charge is -2.23. The van der Waals surface area contributed by atoms with Crippen molar-refractivity contribution in [3.63, 3.8) is 0 Å². The molecule has 1 rings (SSSR count). The van der Waals surface area contributed by atoms with Crippen molar-refractivity contribution >= 4 is 10.0 Å². The summed E-state index contributed by atoms with van der Waals surface area (Å²) in [5.41, 5.74) is 0.195. The zero-order chi connectivity index (χ0) is 12.6. The maximum Gasteiger partial charge on any atom is 0.244 e. The first-order chi connectivity index (χ1) is 7.19. The van der Waals surface area contributed by atoms with Crippen molar-refractivity contribution < 1.29 is 8.42 Å². The van der Waals surface area contributed by atoms with Gasteiger partial charge in [0.1, 0.15) is 4.90 Å². The Morgan fingerprint density at radius 3 is 2.44 bits per heavy atom. The van der Waals surface area contributed by atoms with Crippen molar-refractivity contribution in [1.82, 2.24) is 14.5 Å². The Kier molecular flexibility index (Phi) is 3.44. The third-order valence-corrected chi connectivity index (χ3v) is 4.58. The smallest absolute Gasteiger partial charge is 0.244 e. The summed E-state index contributed by atoms with van der Waals surface area (Å²) in [5, 5.41) is 3.94. The summed E-state index contributed by atoms with van der Waals surface area (Å²) in [6, 6.07) is 0. The molecule has 0 spiro atoms. The van der Waals surface area contributed by atoms with Gasteiger partial charge in [0.25, 0.3) is 0 Å². The number of rotatable bonds is 4. The highest BCUT2D eigenvalue weighted by Crippen LogP contribution is 2.17. The van der Waals surface area contributed by atoms with Crippen LogP contribution in [0, 0.1) is 6.92 Å². The average Bonchev–Trinajstić information content (AvgIpc) is 2.46. The number of hydrogen-bond donors (Lipinski definition) is 1. The van der Waals surface area contributed by atoms with Crippen LogP contribution in [0.4, 0.5) is 0 Å². The summed E-state index contributed by atoms with van der Waals surface area (Å²) in [5.74, 6) is 0. The van der Waals surface area contributed by atoms with Crippen LogP contribution < -0.4 is 4.72 Å². The van der Waals surface area contributed by atoms with Gasteiger partial charge in [0.15, 0.2) is 0 Å². The Bertz CT molecular complexity index is 474. The molecule has 5 nitrogen and oxygen atoms in total. The minimum absolute atomic E-state index is 0.247. The highest BCUT2D eigenvalue weighted by atomic mass is 32.2. The molecule has 6 heteroatoms. The predicted molar refractivity (Wildman–Crippen MR) is 62.6 cm³/mol. The molecule has 0 unspecified atom stereocenters. The van der Waals surface area contributed by atoms with E-state index in [-0.39, 0.29) is 4.90 Å². The maximum atomic E-state index is 12.1. The number of nitrogens with zero attached hydrogens (tertiary/aromatic N) is 2. The monoisotopic (exact) mass is 245 g/mol. The number of aromatic nitrogens is 2. The van der Waals surface area contributed by atoms with E-state index >= 15 is 0 Å². The van der Waals surface area contributed by atoms with Gasteiger partial charge in [0.05, 0.1) is 11.9 Å². The molecule has 0 aliphatic rings. The normalized spacial score (nSPS) is 13.1. The molecule has 1 N–H and O–H groups in total. The second-order valence-electron chi connectivity index (χ2n) is 4.56. The third-order valence-electron chi connectivity index (χ3n) is 2.77. The zero-order valence-electron chi connectivity index (χ0n) is 10.4. The van der Waals surface area contributed by atoms with Crippen molar-refractivity contribution in [2.75, 3.05) is 0 Å². The molecule has 0 aromatic carbocycles. The van der Waals surface area contributed by atoms with Gasteiger partial charge in [-0.3, -0.25) is 4.68 Å². The first kappa shape index (κ1) is 13.2. The molecule has 0 aliphatic carbocycles. The summed E-state index contributed by atoms with van der Waals surface area (Å²) in [6.07, 6.45) is 2.11. The van der Waals surface area contributed by atoms with Crippen molar-refractivity contribution in [1.29, 1.82) is 0 Å². The zero-order valence-corrected chi connectivity index (χ0v) is 11.2. The molecule has 16 heavy (non-hydrogen) atoms. The summed E-state index contributed by atoms with van der Waals surface area (Å²) in [6.45, 7) is 7.39. The Balaban J connectivity index is 3.09. The first-order valence-electron chi connectivity index (χ1n) is 5.22. The van der Waals surface area contributed by atoms with Crippen LogP contribution >= 0.6 is 0 Å². The van der Waals surface area contributed by atoms with Gasteiger partial charge in [-0.1, -0.05) is 6.92 Å². The molecule has 1 aromatic rings. The van der Waals surface area contributed by atoms with Crippen molar-refractivity contribution in [2.45, 2.75) is 44.6 Å². The molecule has 92 valence electrons. The Morgan fingerprint density at radius 1 is 1.50 bits per heavy atom. The van der Waals surface area contributed by atoms with Gasteiger partial charge in [-0.25, -0.2) is 13.1 Å². The minimum atomic E-state index is -3.47. The Hall–Kier alpha value is -0.880. The number of sulfonamides is 1. The van der Waals surface area contributed by atoms with Crippen LogP contribution in [-0.4, -0.2) is 23.7 Å². The molecule has 0 saturated heterocycles. The van der Waals surface area contributed by atoms with Gasteiger partial charge in [-0.2, -0.15) is 5.10 Å². The summed E-state index contributed by atoms with van der Waals surface area (Å²) in [7, 11) is -1.75. The molecule has 0 radical (unpaired) electrons. The van der Waals surface area contributed by atoms with Gasteiger partial charge in [0.2, 0.25) is 10.0 Å². The van der Waals surface area contributed by atoms with Crippen LogP contribution in [0.5, 0.6) is 0 Å². The standard InChI is InChI=1S/C10H19N3O2S/c1-6-10(3,4)12-16(14,15)9-7-11-13(5)8(9)2/h7,12H,6H2,1-5H3. The molecule has 0 fully saturated rings. The minimum Gasteiger partial charge on any atom is -0.272 e. The lowest BCUT2D eigenvalue weighted by molar-refractivity contribution is 0.439. The van der Waals surface area contributed by atoms with E-state index in [4.69, 9.17) is 0 Å². The van der Waals surface area contributed by atoms with Crippen LogP contribution in [0.25, 0.3) is 0 Å². The van der Waals surface area contributed by atoms with Gasteiger partial charge < -0.3 is 0 Å². The fraction of sp³-hybridized carbons (Fsp3) is 0.700. The van der Waals surface area contributed by atoms with Gasteiger partial charge in [-0.15, -0.1) is 0 Å². The molecule has 0 bridgehead atoms. The van der Waals surface area contributed by atoms with E-state index in [0.29, 0.717) is 5.69 Å². The highest BCUT2D eigenvalue weighted by Gasteiger charge is 2.27. The van der Waals surface area contributed by atoms with E-state index in [1.165, 1.54) is 6.20 Å². The average molecular weight is 245 g/mol. The van der Waals surface area contributed by atoms with E-state index in [9.17, 15) is 8.42 Å². The number of nitrogens with one attached hydrogen (secondary N) is 1. The second kappa shape index (κ2) is 4.18. The lowest BCUT2D eigenvalue weighted by Crippen LogP contribution is -2.42. The maximum absolute atomic E-state index is 12.1. The SMILES string of the molecule is CCC(C)(C)NS(=O)(=O)c1cnn(C)c1C. The largest absolute Gasteiger partial charge is 0.272 e. The van der Waals surface area contributed by atoms with Crippen molar-refractivity contribution in [2.24, 2.45) is 7.05 Å². The summed E-state index contributed by atoms with van der Waals surface area (Å²) >= 11 is 0. The topological polar surface area (TPSA) is 64.0 Å². The molecular formula is C10H19N3O2S. The molecule has 0 atom stereocenters. The van der Waals surface area contributed by atoms with E-state index in [0.717, 1.165) is 6.42 Å². The van der Waals surface area contributed by atoms with Crippen LogP contribution in [-0.2, 0) is 17.1 Å². The Labute approximate surface area is 96.9 Å². The Morgan fingerprint density at radius 2 is 2.06 bits per heavy atom. The van der Waals surface area contributed by atoms with E-state index in [1.54, 1.807) is 18.7 Å². The van der Waals surface area contributed by atoms with Crippen LogP contribution in [0.2, 0.25) is 0 Å². The fourth-order valence-corrected chi connectivity index (χ4v) is 2.92. The second-order valence-corrected chi connectivity index (χ2v) is 6.21. The fourth-order valence-electron chi connectivity index (χ4n) is 1.23. The molecular weight excluding hydrogens is 226 g/mol. The lowest BCUT2D eigenvalue weighted by atomic mass is 10.0. The summed E-state index contributed by atoms with van der Waals surface area (Å²) < 4.78 is 28.4. The van der Waals surface area contributed by atoms with E-state index in [1.807, 2.05) is 20.8 Å². The van der Waals surface area contributed by atoms with Crippen LogP contribution in [0.3, 0.4) is 0 Å². The third kappa shape index (κ3) is 2.62. The van der Waals surface area contributed by atoms with Gasteiger partial charge in [-0.05, 0) is 27.2 Å². The van der Waals surface area contributed by atoms with E-state index in [2.05, 4.69) is 9.82 Å². The molecule has 1 heterocycles. The van der Waals surface area contributed by atoms with Crippen molar-refractivity contribution in [3.8, 4) is 0 Å². The molecule has 0 aliphatic heterocycles. The molecule has 0 amide bonds. The quantitative estimate of drug-likeness (QED) is 0.866. The van der Waals surface area contributed by atoms with Crippen LogP contribution in [0.1, 0.15) is 32.9 Å². The molecule has 1 aromatic heterocycles. The van der Waals surface area contributed by atoms with Crippen molar-refractivity contribution in [3.05, 3.63) is 11.9 Å². The van der Waals surface area contributed by atoms with Crippen LogP contribution in [0.15, 0.2) is 11.1 Å². The van der Waals surface area contributed by atoms with E-state index < -0.39 is 15.6 Å².